The third kappa shape index (κ3) is 2.39. The maximum absolute atomic E-state index is 12.2. The van der Waals surface area contributed by atoms with E-state index in [4.69, 9.17) is 9.15 Å². The van der Waals surface area contributed by atoms with Gasteiger partial charge in [0.1, 0.15) is 11.4 Å². The molecule has 20 heavy (non-hydrogen) atoms. The van der Waals surface area contributed by atoms with Crippen molar-refractivity contribution in [2.24, 2.45) is 5.92 Å². The highest BCUT2D eigenvalue weighted by molar-refractivity contribution is 5.96. The van der Waals surface area contributed by atoms with E-state index >= 15 is 0 Å². The van der Waals surface area contributed by atoms with Crippen LogP contribution in [0.15, 0.2) is 35.1 Å². The summed E-state index contributed by atoms with van der Waals surface area (Å²) in [7, 11) is 1.54. The van der Waals surface area contributed by atoms with Crippen LogP contribution in [-0.4, -0.2) is 18.0 Å². The number of nitrogens with one attached hydrogen (secondary N) is 1. The first-order valence-electron chi connectivity index (χ1n) is 6.54. The van der Waals surface area contributed by atoms with Crippen molar-refractivity contribution in [3.8, 4) is 5.88 Å². The van der Waals surface area contributed by atoms with Crippen molar-refractivity contribution in [1.82, 2.24) is 4.98 Å². The lowest BCUT2D eigenvalue weighted by atomic mass is 10.2. The zero-order chi connectivity index (χ0) is 14.1. The van der Waals surface area contributed by atoms with Crippen LogP contribution < -0.4 is 10.1 Å². The molecular weight excluding hydrogens is 256 g/mol. The molecule has 2 aromatic heterocycles. The van der Waals surface area contributed by atoms with Gasteiger partial charge in [-0.25, -0.2) is 4.98 Å². The zero-order valence-corrected chi connectivity index (χ0v) is 11.4. The molecule has 0 bridgehead atoms. The second-order valence-electron chi connectivity index (χ2n) is 5.02. The Morgan fingerprint density at radius 1 is 1.55 bits per heavy atom. The van der Waals surface area contributed by atoms with Gasteiger partial charge in [-0.1, -0.05) is 0 Å². The van der Waals surface area contributed by atoms with Gasteiger partial charge in [-0.15, -0.1) is 0 Å². The van der Waals surface area contributed by atoms with Crippen LogP contribution in [0.4, 0.5) is 5.69 Å². The molecule has 0 unspecified atom stereocenters. The molecule has 0 aliphatic heterocycles. The molecule has 5 heteroatoms. The van der Waals surface area contributed by atoms with Crippen molar-refractivity contribution in [2.75, 3.05) is 12.4 Å². The number of carbonyl (C=O) groups is 1. The van der Waals surface area contributed by atoms with E-state index in [-0.39, 0.29) is 17.7 Å². The van der Waals surface area contributed by atoms with Crippen LogP contribution in [0.5, 0.6) is 5.88 Å². The number of furan rings is 1. The number of ether oxygens (including phenoxy) is 1. The summed E-state index contributed by atoms with van der Waals surface area (Å²) in [5.74, 6) is 1.44. The van der Waals surface area contributed by atoms with E-state index < -0.39 is 0 Å². The molecule has 5 nitrogen and oxygen atoms in total. The molecule has 1 aliphatic rings. The van der Waals surface area contributed by atoms with Crippen LogP contribution in [-0.2, 0) is 4.79 Å². The van der Waals surface area contributed by atoms with Gasteiger partial charge in [0.2, 0.25) is 11.8 Å². The maximum Gasteiger partial charge on any atom is 0.237 e. The molecule has 1 saturated carbocycles. The van der Waals surface area contributed by atoms with Crippen LogP contribution in [0, 0.1) is 12.8 Å². The fraction of sp³-hybridized carbons (Fsp3) is 0.333. The third-order valence-electron chi connectivity index (χ3n) is 3.47. The van der Waals surface area contributed by atoms with E-state index in [1.54, 1.807) is 12.5 Å². The summed E-state index contributed by atoms with van der Waals surface area (Å²) in [6.07, 6.45) is 4.16. The summed E-state index contributed by atoms with van der Waals surface area (Å²) in [6, 6.07) is 5.61. The number of carbonyl (C=O) groups excluding carboxylic acids is 1. The van der Waals surface area contributed by atoms with Crippen molar-refractivity contribution in [2.45, 2.75) is 19.3 Å². The number of rotatable bonds is 4. The van der Waals surface area contributed by atoms with Crippen LogP contribution >= 0.6 is 0 Å². The molecule has 1 fully saturated rings. The van der Waals surface area contributed by atoms with Gasteiger partial charge in [-0.3, -0.25) is 4.79 Å². The summed E-state index contributed by atoms with van der Waals surface area (Å²) in [4.78, 5) is 16.4. The lowest BCUT2D eigenvalue weighted by molar-refractivity contribution is -0.117. The molecule has 0 saturated heterocycles. The van der Waals surface area contributed by atoms with Crippen LogP contribution in [0.1, 0.15) is 23.7 Å². The molecule has 0 aromatic carbocycles. The minimum Gasteiger partial charge on any atom is -0.480 e. The van der Waals surface area contributed by atoms with Crippen molar-refractivity contribution < 1.29 is 13.9 Å². The average molecular weight is 272 g/mol. The van der Waals surface area contributed by atoms with Crippen LogP contribution in [0.2, 0.25) is 0 Å². The highest BCUT2D eigenvalue weighted by Crippen LogP contribution is 2.48. The topological polar surface area (TPSA) is 64.4 Å². The average Bonchev–Trinajstić information content (AvgIpc) is 3.05. The number of pyridine rings is 1. The number of methoxy groups -OCH3 is 1. The van der Waals surface area contributed by atoms with Crippen molar-refractivity contribution >= 4 is 11.6 Å². The molecule has 1 amide bonds. The Morgan fingerprint density at radius 3 is 3.10 bits per heavy atom. The summed E-state index contributed by atoms with van der Waals surface area (Å²) >= 11 is 0. The van der Waals surface area contributed by atoms with Gasteiger partial charge in [0.15, 0.2) is 0 Å². The van der Waals surface area contributed by atoms with Gasteiger partial charge >= 0.3 is 0 Å². The lowest BCUT2D eigenvalue weighted by Crippen LogP contribution is -2.15. The van der Waals surface area contributed by atoms with E-state index in [0.29, 0.717) is 11.6 Å². The monoisotopic (exact) mass is 272 g/mol. The first-order chi connectivity index (χ1) is 9.69. The quantitative estimate of drug-likeness (QED) is 0.929. The minimum atomic E-state index is -0.0358. The van der Waals surface area contributed by atoms with E-state index in [0.717, 1.165) is 17.7 Å². The molecule has 1 N–H and O–H groups in total. The second-order valence-corrected chi connectivity index (χ2v) is 5.02. The van der Waals surface area contributed by atoms with Gasteiger partial charge in [-0.05, 0) is 37.1 Å². The zero-order valence-electron chi connectivity index (χ0n) is 11.4. The molecule has 2 heterocycles. The van der Waals surface area contributed by atoms with E-state index in [1.165, 1.54) is 7.11 Å². The molecule has 0 radical (unpaired) electrons. The molecule has 2 atom stereocenters. The number of nitrogens with zero attached hydrogens (tertiary/aromatic N) is 1. The summed E-state index contributed by atoms with van der Waals surface area (Å²) in [6.45, 7) is 1.92. The van der Waals surface area contributed by atoms with Gasteiger partial charge in [-0.2, -0.15) is 0 Å². The van der Waals surface area contributed by atoms with E-state index in [1.807, 2.05) is 25.1 Å². The second kappa shape index (κ2) is 5.00. The Balaban J connectivity index is 1.70. The largest absolute Gasteiger partial charge is 0.480 e. The standard InChI is InChI=1S/C15H16N2O3/c1-9-6-12(15(19-2)16-8-9)17-14(18)11-7-10(11)13-4-3-5-20-13/h3-6,8,10-11H,7H2,1-2H3,(H,17,18)/t10-,11-/m1/s1. The van der Waals surface area contributed by atoms with Crippen molar-refractivity contribution in [3.05, 3.63) is 42.0 Å². The Labute approximate surface area is 117 Å². The summed E-state index contributed by atoms with van der Waals surface area (Å²) in [5, 5.41) is 2.89. The Hall–Kier alpha value is -2.30. The molecule has 1 aliphatic carbocycles. The first-order valence-corrected chi connectivity index (χ1v) is 6.54. The smallest absolute Gasteiger partial charge is 0.237 e. The minimum absolute atomic E-state index is 0.0166. The normalized spacial score (nSPS) is 20.5. The van der Waals surface area contributed by atoms with Gasteiger partial charge < -0.3 is 14.5 Å². The summed E-state index contributed by atoms with van der Waals surface area (Å²) < 4.78 is 10.5. The predicted molar refractivity (Wildman–Crippen MR) is 73.7 cm³/mol. The fourth-order valence-electron chi connectivity index (χ4n) is 2.34. The Kier molecular flexibility index (Phi) is 3.18. The molecule has 104 valence electrons. The Bertz CT molecular complexity index is 622. The van der Waals surface area contributed by atoms with Gasteiger partial charge in [0, 0.05) is 18.0 Å². The fourth-order valence-corrected chi connectivity index (χ4v) is 2.34. The highest BCUT2D eigenvalue weighted by Gasteiger charge is 2.46. The van der Waals surface area contributed by atoms with Gasteiger partial charge in [0.25, 0.3) is 0 Å². The van der Waals surface area contributed by atoms with E-state index in [2.05, 4.69) is 10.3 Å². The molecule has 2 aromatic rings. The van der Waals surface area contributed by atoms with Gasteiger partial charge in [0.05, 0.1) is 13.4 Å². The predicted octanol–water partition coefficient (Wildman–Crippen LogP) is 2.73. The SMILES string of the molecule is COc1ncc(C)cc1NC(=O)[C@@H]1C[C@H]1c1ccco1. The summed E-state index contributed by atoms with van der Waals surface area (Å²) in [5.41, 5.74) is 1.59. The van der Waals surface area contributed by atoms with E-state index in [9.17, 15) is 4.79 Å². The van der Waals surface area contributed by atoms with Crippen LogP contribution in [0.25, 0.3) is 0 Å². The number of anilines is 1. The number of aromatic nitrogens is 1. The number of aryl methyl sites for hydroxylation is 1. The number of hydrogen-bond acceptors (Lipinski definition) is 4. The first kappa shape index (κ1) is 12.7. The molecule has 3 rings (SSSR count). The molecular formula is C15H16N2O3. The lowest BCUT2D eigenvalue weighted by Gasteiger charge is -2.09. The van der Waals surface area contributed by atoms with Crippen molar-refractivity contribution in [1.29, 1.82) is 0 Å². The maximum atomic E-state index is 12.2. The van der Waals surface area contributed by atoms with Crippen LogP contribution in [0.3, 0.4) is 0 Å². The third-order valence-corrected chi connectivity index (χ3v) is 3.47. The number of hydrogen-bond donors (Lipinski definition) is 1. The Morgan fingerprint density at radius 2 is 2.40 bits per heavy atom. The highest BCUT2D eigenvalue weighted by atomic mass is 16.5. The van der Waals surface area contributed by atoms with Crippen molar-refractivity contribution in [3.63, 3.8) is 0 Å². The molecule has 0 spiro atoms. The number of amides is 1.